The van der Waals surface area contributed by atoms with E-state index in [4.69, 9.17) is 23.2 Å². The van der Waals surface area contributed by atoms with Gasteiger partial charge in [0.25, 0.3) is 0 Å². The van der Waals surface area contributed by atoms with Gasteiger partial charge in [-0.25, -0.2) is 0 Å². The summed E-state index contributed by atoms with van der Waals surface area (Å²) in [7, 11) is 0. The Bertz CT molecular complexity index is 439. The van der Waals surface area contributed by atoms with Gasteiger partial charge in [0.1, 0.15) is 0 Å². The molecule has 1 aliphatic carbocycles. The fraction of sp³-hybridized carbons (Fsp3) is 0.667. The largest absolute Gasteiger partial charge is 0.307 e. The highest BCUT2D eigenvalue weighted by Crippen LogP contribution is 2.30. The molecule has 2 rings (SSSR count). The minimum absolute atomic E-state index is 0.359. The van der Waals surface area contributed by atoms with E-state index in [2.05, 4.69) is 25.2 Å². The van der Waals surface area contributed by atoms with Crippen LogP contribution in [0.15, 0.2) is 18.2 Å². The van der Waals surface area contributed by atoms with Crippen molar-refractivity contribution in [3.05, 3.63) is 33.8 Å². The molecule has 3 heteroatoms. The molecule has 0 radical (unpaired) electrons. The summed E-state index contributed by atoms with van der Waals surface area (Å²) >= 11 is 12.2. The molecule has 0 bridgehead atoms. The van der Waals surface area contributed by atoms with E-state index >= 15 is 0 Å². The summed E-state index contributed by atoms with van der Waals surface area (Å²) in [6, 6.07) is 6.92. The first kappa shape index (κ1) is 17.1. The van der Waals surface area contributed by atoms with E-state index in [0.717, 1.165) is 12.3 Å². The Balaban J connectivity index is 2.01. The van der Waals surface area contributed by atoms with Gasteiger partial charge in [-0.15, -0.1) is 0 Å². The summed E-state index contributed by atoms with van der Waals surface area (Å²) < 4.78 is 0. The van der Waals surface area contributed by atoms with Crippen molar-refractivity contribution in [1.82, 2.24) is 5.32 Å². The zero-order valence-electron chi connectivity index (χ0n) is 13.2. The summed E-state index contributed by atoms with van der Waals surface area (Å²) in [6.07, 6.45) is 9.40. The van der Waals surface area contributed by atoms with Crippen LogP contribution >= 0.6 is 23.2 Å². The van der Waals surface area contributed by atoms with E-state index in [1.54, 1.807) is 0 Å². The van der Waals surface area contributed by atoms with Crippen molar-refractivity contribution in [2.45, 2.75) is 70.9 Å². The van der Waals surface area contributed by atoms with Gasteiger partial charge in [-0.2, -0.15) is 0 Å². The van der Waals surface area contributed by atoms with Crippen molar-refractivity contribution in [3.8, 4) is 0 Å². The van der Waals surface area contributed by atoms with E-state index in [1.807, 2.05) is 12.1 Å². The Morgan fingerprint density at radius 2 is 1.76 bits per heavy atom. The highest BCUT2D eigenvalue weighted by Gasteiger charge is 2.22. The molecule has 0 aliphatic heterocycles. The quantitative estimate of drug-likeness (QED) is 0.617. The third kappa shape index (κ3) is 4.87. The molecule has 1 aliphatic rings. The second-order valence-corrected chi connectivity index (χ2v) is 7.16. The summed E-state index contributed by atoms with van der Waals surface area (Å²) in [5.74, 6) is 0.810. The van der Waals surface area contributed by atoms with Crippen molar-refractivity contribution in [2.24, 2.45) is 5.92 Å². The molecule has 1 unspecified atom stereocenters. The number of halogens is 2. The molecule has 0 spiro atoms. The molecular weight excluding hydrogens is 301 g/mol. The van der Waals surface area contributed by atoms with E-state index in [1.165, 1.54) is 44.1 Å². The van der Waals surface area contributed by atoms with E-state index in [9.17, 15) is 0 Å². The molecule has 0 amide bonds. The minimum Gasteiger partial charge on any atom is -0.307 e. The molecule has 0 heterocycles. The maximum Gasteiger partial charge on any atom is 0.0595 e. The topological polar surface area (TPSA) is 12.0 Å². The van der Waals surface area contributed by atoms with Crippen molar-refractivity contribution in [3.63, 3.8) is 0 Å². The standard InChI is InChI=1S/C18H27Cl2N/c1-3-18(15-10-11-16(19)17(20)12-15)21-13(2)14-8-6-4-5-7-9-14/h10-14,18,21H,3-9H2,1-2H3/t13-,18?/m0/s1. The van der Waals surface area contributed by atoms with Crippen molar-refractivity contribution in [2.75, 3.05) is 0 Å². The van der Waals surface area contributed by atoms with Crippen LogP contribution in [0.1, 0.15) is 70.4 Å². The lowest BCUT2D eigenvalue weighted by atomic mass is 9.91. The van der Waals surface area contributed by atoms with Gasteiger partial charge in [0.2, 0.25) is 0 Å². The molecule has 1 saturated carbocycles. The lowest BCUT2D eigenvalue weighted by Gasteiger charge is -2.29. The average molecular weight is 328 g/mol. The predicted octanol–water partition coefficient (Wildman–Crippen LogP) is 6.39. The highest BCUT2D eigenvalue weighted by atomic mass is 35.5. The van der Waals surface area contributed by atoms with Gasteiger partial charge in [0.05, 0.1) is 10.0 Å². The molecule has 0 aromatic heterocycles. The Morgan fingerprint density at radius 3 is 2.33 bits per heavy atom. The average Bonchev–Trinajstić information content (AvgIpc) is 2.76. The SMILES string of the molecule is CCC(N[C@@H](C)C1CCCCCC1)c1ccc(Cl)c(Cl)c1. The monoisotopic (exact) mass is 327 g/mol. The predicted molar refractivity (Wildman–Crippen MR) is 93.3 cm³/mol. The van der Waals surface area contributed by atoms with E-state index in [0.29, 0.717) is 22.1 Å². The van der Waals surface area contributed by atoms with Crippen LogP contribution in [-0.4, -0.2) is 6.04 Å². The Hall–Kier alpha value is -0.240. The lowest BCUT2D eigenvalue weighted by molar-refractivity contribution is 0.306. The number of nitrogens with one attached hydrogen (secondary N) is 1. The number of hydrogen-bond donors (Lipinski definition) is 1. The Labute approximate surface area is 139 Å². The van der Waals surface area contributed by atoms with Crippen LogP contribution in [-0.2, 0) is 0 Å². The van der Waals surface area contributed by atoms with Crippen LogP contribution in [0.4, 0.5) is 0 Å². The molecule has 1 fully saturated rings. The normalized spacial score (nSPS) is 20.0. The molecule has 118 valence electrons. The van der Waals surface area contributed by atoms with Crippen LogP contribution in [0.2, 0.25) is 10.0 Å². The van der Waals surface area contributed by atoms with Gasteiger partial charge in [-0.1, -0.05) is 61.9 Å². The molecule has 1 N–H and O–H groups in total. The molecule has 0 saturated heterocycles. The zero-order valence-corrected chi connectivity index (χ0v) is 14.7. The van der Waals surface area contributed by atoms with Gasteiger partial charge < -0.3 is 5.32 Å². The second kappa shape index (κ2) is 8.41. The first-order valence-corrected chi connectivity index (χ1v) is 9.08. The Morgan fingerprint density at radius 1 is 1.10 bits per heavy atom. The van der Waals surface area contributed by atoms with Crippen LogP contribution in [0.5, 0.6) is 0 Å². The number of hydrogen-bond acceptors (Lipinski definition) is 1. The number of benzene rings is 1. The smallest absolute Gasteiger partial charge is 0.0595 e. The molecule has 1 aromatic carbocycles. The first-order chi connectivity index (χ1) is 10.1. The fourth-order valence-corrected chi connectivity index (χ4v) is 3.75. The Kier molecular flexibility index (Phi) is 6.85. The van der Waals surface area contributed by atoms with Gasteiger partial charge in [0.15, 0.2) is 0 Å². The van der Waals surface area contributed by atoms with Crippen molar-refractivity contribution < 1.29 is 0 Å². The van der Waals surface area contributed by atoms with E-state index < -0.39 is 0 Å². The van der Waals surface area contributed by atoms with Crippen LogP contribution in [0.3, 0.4) is 0 Å². The van der Waals surface area contributed by atoms with Crippen LogP contribution in [0, 0.1) is 5.92 Å². The summed E-state index contributed by atoms with van der Waals surface area (Å²) in [6.45, 7) is 4.57. The second-order valence-electron chi connectivity index (χ2n) is 6.34. The summed E-state index contributed by atoms with van der Waals surface area (Å²) in [5.41, 5.74) is 1.24. The number of rotatable bonds is 5. The van der Waals surface area contributed by atoms with Crippen LogP contribution < -0.4 is 5.32 Å². The molecule has 1 aromatic rings. The molecule has 21 heavy (non-hydrogen) atoms. The van der Waals surface area contributed by atoms with E-state index in [-0.39, 0.29) is 0 Å². The third-order valence-electron chi connectivity index (χ3n) is 4.83. The maximum absolute atomic E-state index is 6.16. The van der Waals surface area contributed by atoms with Crippen molar-refractivity contribution >= 4 is 23.2 Å². The van der Waals surface area contributed by atoms with Gasteiger partial charge in [0, 0.05) is 12.1 Å². The summed E-state index contributed by atoms with van der Waals surface area (Å²) in [5, 5.41) is 5.11. The maximum atomic E-state index is 6.16. The van der Waals surface area contributed by atoms with Gasteiger partial charge >= 0.3 is 0 Å². The third-order valence-corrected chi connectivity index (χ3v) is 5.56. The van der Waals surface area contributed by atoms with Gasteiger partial charge in [-0.3, -0.25) is 0 Å². The van der Waals surface area contributed by atoms with Gasteiger partial charge in [-0.05, 0) is 49.8 Å². The summed E-state index contributed by atoms with van der Waals surface area (Å²) in [4.78, 5) is 0. The van der Waals surface area contributed by atoms with Crippen LogP contribution in [0.25, 0.3) is 0 Å². The highest BCUT2D eigenvalue weighted by molar-refractivity contribution is 6.42. The zero-order chi connectivity index (χ0) is 15.2. The minimum atomic E-state index is 0.359. The van der Waals surface area contributed by atoms with Crippen molar-refractivity contribution in [1.29, 1.82) is 0 Å². The molecule has 2 atom stereocenters. The first-order valence-electron chi connectivity index (χ1n) is 8.32. The fourth-order valence-electron chi connectivity index (χ4n) is 3.44. The molecule has 1 nitrogen and oxygen atoms in total. The molecular formula is C18H27Cl2N. The lowest BCUT2D eigenvalue weighted by Crippen LogP contribution is -2.36.